The fraction of sp³-hybridized carbons (Fsp3) is 0.333. The Balaban J connectivity index is 1.64. The molecular weight excluding hydrogens is 395 g/mol. The first-order valence-corrected chi connectivity index (χ1v) is 11.4. The number of hydrogen-bond acceptors (Lipinski definition) is 4. The lowest BCUT2D eigenvalue weighted by atomic mass is 9.95. The molecule has 154 valence electrons. The van der Waals surface area contributed by atoms with Gasteiger partial charge >= 0.3 is 0 Å². The predicted octanol–water partition coefficient (Wildman–Crippen LogP) is 5.61. The zero-order valence-electron chi connectivity index (χ0n) is 17.4. The quantitative estimate of drug-likeness (QED) is 0.550. The Morgan fingerprint density at radius 3 is 2.73 bits per heavy atom. The van der Waals surface area contributed by atoms with E-state index in [-0.39, 0.29) is 17.9 Å². The Morgan fingerprint density at radius 2 is 2.00 bits per heavy atom. The molecule has 0 bridgehead atoms. The van der Waals surface area contributed by atoms with Crippen LogP contribution >= 0.6 is 11.8 Å². The maximum atomic E-state index is 13.9. The highest BCUT2D eigenvalue weighted by Crippen LogP contribution is 2.49. The molecule has 0 aliphatic carbocycles. The van der Waals surface area contributed by atoms with Gasteiger partial charge in [0.1, 0.15) is 11.9 Å². The van der Waals surface area contributed by atoms with Crippen LogP contribution in [0.4, 0.5) is 4.39 Å². The van der Waals surface area contributed by atoms with E-state index >= 15 is 0 Å². The summed E-state index contributed by atoms with van der Waals surface area (Å²) in [6, 6.07) is 15.6. The highest BCUT2D eigenvalue weighted by molar-refractivity contribution is 8.14. The SMILES string of the molecule is CC[C@H]1CSC2=N[C@H](c3ccccn3)[C@@H](c3cc(C)n(-c4cccc(F)c4)c3C)N21. The summed E-state index contributed by atoms with van der Waals surface area (Å²) in [6.07, 6.45) is 2.93. The molecule has 2 aliphatic rings. The summed E-state index contributed by atoms with van der Waals surface area (Å²) in [4.78, 5) is 12.3. The van der Waals surface area contributed by atoms with E-state index in [2.05, 4.69) is 47.4 Å². The fourth-order valence-corrected chi connectivity index (χ4v) is 6.12. The van der Waals surface area contributed by atoms with E-state index in [9.17, 15) is 4.39 Å². The molecule has 30 heavy (non-hydrogen) atoms. The minimum absolute atomic E-state index is 0.0375. The summed E-state index contributed by atoms with van der Waals surface area (Å²) in [7, 11) is 0. The number of benzene rings is 1. The molecule has 0 amide bonds. The van der Waals surface area contributed by atoms with Crippen molar-refractivity contribution < 1.29 is 4.39 Å². The third-order valence-corrected chi connectivity index (χ3v) is 7.31. The summed E-state index contributed by atoms with van der Waals surface area (Å²) in [6.45, 7) is 6.46. The zero-order chi connectivity index (χ0) is 20.8. The molecule has 2 aliphatic heterocycles. The number of thioether (sulfide) groups is 1. The maximum absolute atomic E-state index is 13.9. The van der Waals surface area contributed by atoms with Crippen LogP contribution in [0.3, 0.4) is 0 Å². The summed E-state index contributed by atoms with van der Waals surface area (Å²) in [5, 5.41) is 1.12. The predicted molar refractivity (Wildman–Crippen MR) is 121 cm³/mol. The van der Waals surface area contributed by atoms with Gasteiger partial charge in [0.05, 0.1) is 11.7 Å². The molecule has 1 saturated heterocycles. The number of halogens is 1. The number of aliphatic imine (C=N–C) groups is 1. The number of hydrogen-bond donors (Lipinski definition) is 0. The van der Waals surface area contributed by atoms with Crippen molar-refractivity contribution >= 4 is 16.9 Å². The second kappa shape index (κ2) is 7.58. The second-order valence-electron chi connectivity index (χ2n) is 7.98. The Morgan fingerprint density at radius 1 is 1.13 bits per heavy atom. The largest absolute Gasteiger partial charge is 0.338 e. The highest BCUT2D eigenvalue weighted by atomic mass is 32.2. The molecule has 0 spiro atoms. The van der Waals surface area contributed by atoms with Gasteiger partial charge in [-0.1, -0.05) is 30.8 Å². The topological polar surface area (TPSA) is 33.4 Å². The van der Waals surface area contributed by atoms with E-state index in [1.165, 1.54) is 11.6 Å². The first-order valence-electron chi connectivity index (χ1n) is 10.4. The van der Waals surface area contributed by atoms with Crippen molar-refractivity contribution in [2.45, 2.75) is 45.3 Å². The summed E-state index contributed by atoms with van der Waals surface area (Å²) >= 11 is 1.85. The lowest BCUT2D eigenvalue weighted by molar-refractivity contribution is 0.254. The number of aromatic nitrogens is 2. The van der Waals surface area contributed by atoms with Gasteiger partial charge < -0.3 is 9.47 Å². The summed E-state index contributed by atoms with van der Waals surface area (Å²) in [5.74, 6) is 0.852. The van der Waals surface area contributed by atoms with Crippen molar-refractivity contribution in [3.05, 3.63) is 83.2 Å². The van der Waals surface area contributed by atoms with Crippen LogP contribution in [-0.4, -0.2) is 31.4 Å². The molecule has 3 atom stereocenters. The van der Waals surface area contributed by atoms with Crippen molar-refractivity contribution in [3.63, 3.8) is 0 Å². The number of amidine groups is 1. The molecule has 4 heterocycles. The average molecular weight is 421 g/mol. The smallest absolute Gasteiger partial charge is 0.160 e. The molecule has 0 unspecified atom stereocenters. The summed E-state index contributed by atoms with van der Waals surface area (Å²) in [5.41, 5.74) is 5.32. The van der Waals surface area contributed by atoms with Gasteiger partial charge in [-0.05, 0) is 62.2 Å². The fourth-order valence-electron chi connectivity index (χ4n) is 4.79. The van der Waals surface area contributed by atoms with E-state index in [4.69, 9.17) is 4.99 Å². The van der Waals surface area contributed by atoms with Crippen molar-refractivity contribution in [1.29, 1.82) is 0 Å². The van der Waals surface area contributed by atoms with Crippen molar-refractivity contribution in [2.24, 2.45) is 4.99 Å². The molecular formula is C24H25FN4S. The zero-order valence-corrected chi connectivity index (χ0v) is 18.2. The van der Waals surface area contributed by atoms with Crippen LogP contribution in [0, 0.1) is 19.7 Å². The molecule has 1 fully saturated rings. The van der Waals surface area contributed by atoms with Crippen LogP contribution in [0.15, 0.2) is 59.7 Å². The molecule has 4 nitrogen and oxygen atoms in total. The van der Waals surface area contributed by atoms with Crippen molar-refractivity contribution in [1.82, 2.24) is 14.5 Å². The molecule has 3 aromatic rings. The van der Waals surface area contributed by atoms with Gasteiger partial charge in [-0.3, -0.25) is 9.98 Å². The normalized spacial score (nSPS) is 23.0. The first-order chi connectivity index (χ1) is 14.6. The van der Waals surface area contributed by atoms with E-state index in [0.717, 1.165) is 40.1 Å². The number of nitrogens with zero attached hydrogens (tertiary/aromatic N) is 4. The Hall–Kier alpha value is -2.60. The molecule has 1 aromatic carbocycles. The van der Waals surface area contributed by atoms with Crippen molar-refractivity contribution in [2.75, 3.05) is 5.75 Å². The average Bonchev–Trinajstić information content (AvgIpc) is 3.40. The number of fused-ring (bicyclic) bond motifs is 1. The van der Waals surface area contributed by atoms with Gasteiger partial charge in [-0.15, -0.1) is 0 Å². The minimum atomic E-state index is -0.221. The maximum Gasteiger partial charge on any atom is 0.160 e. The number of pyridine rings is 1. The Bertz CT molecular complexity index is 1110. The Labute approximate surface area is 180 Å². The standard InChI is InChI=1S/C24H25FN4S/c1-4-18-14-30-24-27-22(21-10-5-6-11-26-21)23(29(18)24)20-12-15(2)28(16(20)3)19-9-7-8-17(25)13-19/h5-13,18,22-23H,4,14H2,1-3H3/t18-,22+,23+/m0/s1. The third-order valence-electron chi connectivity index (χ3n) is 6.18. The Kier molecular flexibility index (Phi) is 4.89. The molecule has 5 rings (SSSR count). The molecule has 0 N–H and O–H groups in total. The van der Waals surface area contributed by atoms with Crippen LogP contribution in [0.25, 0.3) is 5.69 Å². The molecule has 0 saturated carbocycles. The van der Waals surface area contributed by atoms with E-state index < -0.39 is 0 Å². The van der Waals surface area contributed by atoms with Crippen LogP contribution in [0.5, 0.6) is 0 Å². The summed E-state index contributed by atoms with van der Waals surface area (Å²) < 4.78 is 16.1. The monoisotopic (exact) mass is 420 g/mol. The number of rotatable bonds is 4. The van der Waals surface area contributed by atoms with Crippen LogP contribution in [0.2, 0.25) is 0 Å². The minimum Gasteiger partial charge on any atom is -0.338 e. The second-order valence-corrected chi connectivity index (χ2v) is 8.97. The highest BCUT2D eigenvalue weighted by Gasteiger charge is 2.46. The lowest BCUT2D eigenvalue weighted by Gasteiger charge is -2.32. The van der Waals surface area contributed by atoms with Gasteiger partial charge in [0.2, 0.25) is 0 Å². The van der Waals surface area contributed by atoms with Crippen LogP contribution in [-0.2, 0) is 0 Å². The van der Waals surface area contributed by atoms with E-state index in [1.807, 2.05) is 36.2 Å². The van der Waals surface area contributed by atoms with Gasteiger partial charge in [0, 0.05) is 35.1 Å². The van der Waals surface area contributed by atoms with Gasteiger partial charge in [0.15, 0.2) is 5.17 Å². The van der Waals surface area contributed by atoms with Crippen LogP contribution < -0.4 is 0 Å². The van der Waals surface area contributed by atoms with Gasteiger partial charge in [-0.25, -0.2) is 4.39 Å². The lowest BCUT2D eigenvalue weighted by Crippen LogP contribution is -2.35. The number of aryl methyl sites for hydroxylation is 1. The van der Waals surface area contributed by atoms with Crippen LogP contribution in [0.1, 0.15) is 48.1 Å². The molecule has 2 aromatic heterocycles. The van der Waals surface area contributed by atoms with E-state index in [0.29, 0.717) is 6.04 Å². The van der Waals surface area contributed by atoms with Gasteiger partial charge in [0.25, 0.3) is 0 Å². The van der Waals surface area contributed by atoms with Gasteiger partial charge in [-0.2, -0.15) is 0 Å². The van der Waals surface area contributed by atoms with Crippen molar-refractivity contribution in [3.8, 4) is 5.69 Å². The first kappa shape index (κ1) is 19.4. The van der Waals surface area contributed by atoms with E-state index in [1.54, 1.807) is 12.1 Å². The molecule has 0 radical (unpaired) electrons. The molecule has 6 heteroatoms. The third kappa shape index (κ3) is 3.05.